The van der Waals surface area contributed by atoms with Gasteiger partial charge in [-0.15, -0.1) is 11.3 Å². The molecule has 0 amide bonds. The molecule has 3 heteroatoms. The van der Waals surface area contributed by atoms with Crippen molar-refractivity contribution in [3.05, 3.63) is 15.6 Å². The van der Waals surface area contributed by atoms with Gasteiger partial charge >= 0.3 is 0 Å². The Labute approximate surface area is 110 Å². The molecule has 1 aromatic rings. The summed E-state index contributed by atoms with van der Waals surface area (Å²) in [4.78, 5) is 6.02. The van der Waals surface area contributed by atoms with Crippen molar-refractivity contribution >= 4 is 11.3 Å². The highest BCUT2D eigenvalue weighted by molar-refractivity contribution is 7.11. The van der Waals surface area contributed by atoms with Crippen LogP contribution in [0.3, 0.4) is 0 Å². The van der Waals surface area contributed by atoms with Gasteiger partial charge in [0.15, 0.2) is 0 Å². The summed E-state index contributed by atoms with van der Waals surface area (Å²) in [5, 5.41) is 4.76. The Morgan fingerprint density at radius 1 is 1.29 bits per heavy atom. The largest absolute Gasteiger partial charge is 0.317 e. The normalized spacial score (nSPS) is 14.0. The van der Waals surface area contributed by atoms with Gasteiger partial charge in [0, 0.05) is 11.3 Å². The lowest BCUT2D eigenvalue weighted by Crippen LogP contribution is -2.33. The Bertz CT molecular complexity index is 330. The molecule has 1 atom stereocenters. The zero-order chi connectivity index (χ0) is 13.1. The average Bonchev–Trinajstić information content (AvgIpc) is 2.51. The van der Waals surface area contributed by atoms with Crippen molar-refractivity contribution in [1.82, 2.24) is 10.3 Å². The van der Waals surface area contributed by atoms with Crippen LogP contribution in [0.1, 0.15) is 43.3 Å². The van der Waals surface area contributed by atoms with E-state index in [4.69, 9.17) is 0 Å². The number of aryl methyl sites for hydroxylation is 2. The van der Waals surface area contributed by atoms with E-state index in [1.165, 1.54) is 15.6 Å². The van der Waals surface area contributed by atoms with Gasteiger partial charge in [0.05, 0.1) is 10.7 Å². The van der Waals surface area contributed by atoms with Crippen LogP contribution >= 0.6 is 11.3 Å². The zero-order valence-corrected chi connectivity index (χ0v) is 12.9. The van der Waals surface area contributed by atoms with Crippen LogP contribution in [-0.2, 0) is 6.42 Å². The van der Waals surface area contributed by atoms with Crippen LogP contribution in [0.5, 0.6) is 0 Å². The molecule has 1 N–H and O–H groups in total. The van der Waals surface area contributed by atoms with E-state index < -0.39 is 0 Å². The van der Waals surface area contributed by atoms with Crippen molar-refractivity contribution in [2.24, 2.45) is 11.3 Å². The van der Waals surface area contributed by atoms with Gasteiger partial charge < -0.3 is 5.32 Å². The summed E-state index contributed by atoms with van der Waals surface area (Å²) in [7, 11) is 0. The van der Waals surface area contributed by atoms with Gasteiger partial charge in [0.1, 0.15) is 0 Å². The fourth-order valence-corrected chi connectivity index (χ4v) is 2.85. The summed E-state index contributed by atoms with van der Waals surface area (Å²) >= 11 is 1.85. The third-order valence-corrected chi connectivity index (χ3v) is 4.45. The predicted octanol–water partition coefficient (Wildman–Crippen LogP) is 3.57. The van der Waals surface area contributed by atoms with Crippen molar-refractivity contribution in [1.29, 1.82) is 0 Å². The average molecular weight is 254 g/mol. The van der Waals surface area contributed by atoms with E-state index in [0.717, 1.165) is 19.5 Å². The fraction of sp³-hybridized carbons (Fsp3) is 0.786. The smallest absolute Gasteiger partial charge is 0.0934 e. The highest BCUT2D eigenvalue weighted by Gasteiger charge is 2.25. The van der Waals surface area contributed by atoms with E-state index in [1.807, 2.05) is 11.3 Å². The van der Waals surface area contributed by atoms with Crippen molar-refractivity contribution in [2.45, 2.75) is 48.0 Å². The van der Waals surface area contributed by atoms with E-state index >= 15 is 0 Å². The van der Waals surface area contributed by atoms with Crippen LogP contribution in [0, 0.1) is 25.2 Å². The second-order valence-corrected chi connectivity index (χ2v) is 7.11. The lowest BCUT2D eigenvalue weighted by molar-refractivity contribution is 0.232. The van der Waals surface area contributed by atoms with E-state index in [9.17, 15) is 0 Å². The molecule has 1 unspecified atom stereocenters. The molecular weight excluding hydrogens is 228 g/mol. The second-order valence-electron chi connectivity index (χ2n) is 5.82. The molecular formula is C14H26N2S. The van der Waals surface area contributed by atoms with Crippen LogP contribution in [0.25, 0.3) is 0 Å². The van der Waals surface area contributed by atoms with Gasteiger partial charge in [-0.2, -0.15) is 0 Å². The van der Waals surface area contributed by atoms with Crippen LogP contribution in [0.15, 0.2) is 0 Å². The van der Waals surface area contributed by atoms with E-state index in [0.29, 0.717) is 11.3 Å². The SMILES string of the molecule is CCNCC(Cc1nc(C)c(C)s1)C(C)(C)C. The van der Waals surface area contributed by atoms with Crippen LogP contribution in [0.2, 0.25) is 0 Å². The third-order valence-electron chi connectivity index (χ3n) is 3.36. The highest BCUT2D eigenvalue weighted by atomic mass is 32.1. The predicted molar refractivity (Wildman–Crippen MR) is 76.8 cm³/mol. The van der Waals surface area contributed by atoms with Gasteiger partial charge in [-0.3, -0.25) is 0 Å². The summed E-state index contributed by atoms with van der Waals surface area (Å²) < 4.78 is 0. The number of nitrogens with one attached hydrogen (secondary N) is 1. The summed E-state index contributed by atoms with van der Waals surface area (Å²) in [5.41, 5.74) is 1.52. The number of hydrogen-bond acceptors (Lipinski definition) is 3. The first-order valence-electron chi connectivity index (χ1n) is 6.48. The molecule has 0 saturated carbocycles. The molecule has 98 valence electrons. The Morgan fingerprint density at radius 3 is 2.35 bits per heavy atom. The number of nitrogens with zero attached hydrogens (tertiary/aromatic N) is 1. The molecule has 1 heterocycles. The summed E-state index contributed by atoms with van der Waals surface area (Å²) in [6, 6.07) is 0. The van der Waals surface area contributed by atoms with E-state index in [2.05, 4.69) is 51.8 Å². The Kier molecular flexibility index (Phi) is 5.14. The lowest BCUT2D eigenvalue weighted by atomic mass is 9.79. The molecule has 0 aliphatic carbocycles. The molecule has 0 bridgehead atoms. The number of rotatable bonds is 5. The molecule has 17 heavy (non-hydrogen) atoms. The van der Waals surface area contributed by atoms with Gasteiger partial charge in [-0.1, -0.05) is 27.7 Å². The van der Waals surface area contributed by atoms with Gasteiger partial charge in [-0.05, 0) is 38.3 Å². The summed E-state index contributed by atoms with van der Waals surface area (Å²) in [6.07, 6.45) is 1.09. The molecule has 0 aliphatic rings. The molecule has 0 radical (unpaired) electrons. The maximum Gasteiger partial charge on any atom is 0.0934 e. The van der Waals surface area contributed by atoms with Gasteiger partial charge in [0.25, 0.3) is 0 Å². The minimum atomic E-state index is 0.329. The molecule has 0 spiro atoms. The lowest BCUT2D eigenvalue weighted by Gasteiger charge is -2.30. The van der Waals surface area contributed by atoms with Crippen molar-refractivity contribution in [3.8, 4) is 0 Å². The minimum Gasteiger partial charge on any atom is -0.317 e. The quantitative estimate of drug-likeness (QED) is 0.869. The maximum absolute atomic E-state index is 4.66. The Hall–Kier alpha value is -0.410. The number of hydrogen-bond donors (Lipinski definition) is 1. The third kappa shape index (κ3) is 4.40. The van der Waals surface area contributed by atoms with Crippen molar-refractivity contribution < 1.29 is 0 Å². The van der Waals surface area contributed by atoms with Crippen molar-refractivity contribution in [3.63, 3.8) is 0 Å². The molecule has 1 aromatic heterocycles. The Balaban J connectivity index is 2.72. The molecule has 2 nitrogen and oxygen atoms in total. The van der Waals surface area contributed by atoms with Gasteiger partial charge in [-0.25, -0.2) is 4.98 Å². The topological polar surface area (TPSA) is 24.9 Å². The van der Waals surface area contributed by atoms with E-state index in [1.54, 1.807) is 0 Å². The fourth-order valence-electron chi connectivity index (χ4n) is 1.84. The first kappa shape index (κ1) is 14.7. The zero-order valence-electron chi connectivity index (χ0n) is 12.1. The first-order chi connectivity index (χ1) is 7.84. The molecule has 1 rings (SSSR count). The van der Waals surface area contributed by atoms with Crippen LogP contribution < -0.4 is 5.32 Å². The first-order valence-corrected chi connectivity index (χ1v) is 7.29. The molecule has 0 aliphatic heterocycles. The molecule has 0 fully saturated rings. The van der Waals surface area contributed by atoms with E-state index in [-0.39, 0.29) is 0 Å². The maximum atomic E-state index is 4.66. The van der Waals surface area contributed by atoms with Crippen LogP contribution in [-0.4, -0.2) is 18.1 Å². The monoisotopic (exact) mass is 254 g/mol. The minimum absolute atomic E-state index is 0.329. The summed E-state index contributed by atoms with van der Waals surface area (Å²) in [5.74, 6) is 0.646. The van der Waals surface area contributed by atoms with Gasteiger partial charge in [0.2, 0.25) is 0 Å². The number of thiazole rings is 1. The standard InChI is InChI=1S/C14H26N2S/c1-7-15-9-12(14(4,5)6)8-13-16-10(2)11(3)17-13/h12,15H,7-9H2,1-6H3. The molecule has 0 saturated heterocycles. The Morgan fingerprint density at radius 2 is 1.94 bits per heavy atom. The summed E-state index contributed by atoms with van der Waals surface area (Å²) in [6.45, 7) is 15.5. The van der Waals surface area contributed by atoms with Crippen molar-refractivity contribution in [2.75, 3.05) is 13.1 Å². The second kappa shape index (κ2) is 5.96. The van der Waals surface area contributed by atoms with Crippen LogP contribution in [0.4, 0.5) is 0 Å². The number of aromatic nitrogens is 1. The molecule has 0 aromatic carbocycles. The highest BCUT2D eigenvalue weighted by Crippen LogP contribution is 2.30.